The third kappa shape index (κ3) is 6.13. The van der Waals surface area contributed by atoms with Gasteiger partial charge < -0.3 is 8.85 Å². The Bertz CT molecular complexity index is 278. The Hall–Kier alpha value is 0.571. The zero-order chi connectivity index (χ0) is 16.2. The van der Waals surface area contributed by atoms with Crippen molar-refractivity contribution in [3.8, 4) is 0 Å². The molecule has 0 aromatic heterocycles. The van der Waals surface area contributed by atoms with Crippen molar-refractivity contribution in [2.24, 2.45) is 0 Å². The van der Waals surface area contributed by atoms with Gasteiger partial charge in [0.05, 0.1) is 13.3 Å². The predicted molar refractivity (Wildman–Crippen MR) is 99.3 cm³/mol. The lowest BCUT2D eigenvalue weighted by molar-refractivity contribution is 0.0993. The predicted octanol–water partition coefficient (Wildman–Crippen LogP) is 4.96. The number of hydrogen-bond donors (Lipinski definition) is 0. The monoisotopic (exact) mass is 334 g/mol. The van der Waals surface area contributed by atoms with Crippen LogP contribution >= 0.6 is 0 Å². The van der Waals surface area contributed by atoms with Gasteiger partial charge in [0.15, 0.2) is 8.32 Å². The largest absolute Gasteiger partial charge is 0.418 e. The Kier molecular flexibility index (Phi) is 7.94. The molecule has 0 aromatic carbocycles. The lowest BCUT2D eigenvalue weighted by Gasteiger charge is -2.44. The minimum Gasteiger partial charge on any atom is -0.418 e. The summed E-state index contributed by atoms with van der Waals surface area (Å²) < 4.78 is 13.3. The summed E-state index contributed by atoms with van der Waals surface area (Å²) in [5.41, 5.74) is 0.432. The molecule has 0 saturated carbocycles. The molecule has 0 amide bonds. The maximum Gasteiger partial charge on any atom is 0.206 e. The standard InChI is InChI=1S/C15H38O2Si3/c1-11-15(12-2,17-20(8,9)10)18(13-3)16-14(4)19(5,6)7/h14,18H,11-13H2,1-10H3. The molecule has 0 N–H and O–H groups in total. The van der Waals surface area contributed by atoms with Gasteiger partial charge in [-0.1, -0.05) is 40.4 Å². The van der Waals surface area contributed by atoms with Gasteiger partial charge in [0.2, 0.25) is 9.04 Å². The molecule has 5 heteroatoms. The van der Waals surface area contributed by atoms with Gasteiger partial charge in [-0.3, -0.25) is 0 Å². The summed E-state index contributed by atoms with van der Waals surface area (Å²) in [5, 5.41) is 0.0349. The normalized spacial score (nSPS) is 17.1. The summed E-state index contributed by atoms with van der Waals surface area (Å²) >= 11 is 0. The quantitative estimate of drug-likeness (QED) is 0.555. The van der Waals surface area contributed by atoms with Gasteiger partial charge in [0.25, 0.3) is 0 Å². The summed E-state index contributed by atoms with van der Waals surface area (Å²) in [5.74, 6) is 0. The first-order valence-electron chi connectivity index (χ1n) is 8.27. The van der Waals surface area contributed by atoms with Crippen LogP contribution in [-0.4, -0.2) is 36.4 Å². The molecule has 2 unspecified atom stereocenters. The fourth-order valence-corrected chi connectivity index (χ4v) is 10.4. The van der Waals surface area contributed by atoms with Crippen molar-refractivity contribution < 1.29 is 8.85 Å². The Balaban J connectivity index is 5.21. The van der Waals surface area contributed by atoms with Crippen molar-refractivity contribution in [2.45, 2.75) is 96.8 Å². The minimum absolute atomic E-state index is 0.0349. The van der Waals surface area contributed by atoms with E-state index in [1.807, 2.05) is 0 Å². The van der Waals surface area contributed by atoms with Gasteiger partial charge >= 0.3 is 0 Å². The number of rotatable bonds is 9. The summed E-state index contributed by atoms with van der Waals surface area (Å²) in [6, 6.07) is 1.17. The van der Waals surface area contributed by atoms with Crippen LogP contribution in [0.5, 0.6) is 0 Å². The highest BCUT2D eigenvalue weighted by Crippen LogP contribution is 2.32. The Morgan fingerprint density at radius 1 is 0.950 bits per heavy atom. The van der Waals surface area contributed by atoms with Crippen LogP contribution in [0.4, 0.5) is 0 Å². The fraction of sp³-hybridized carbons (Fsp3) is 1.00. The molecule has 0 aliphatic carbocycles. The molecule has 122 valence electrons. The van der Waals surface area contributed by atoms with Crippen molar-refractivity contribution in [1.29, 1.82) is 0 Å². The van der Waals surface area contributed by atoms with Gasteiger partial charge in [-0.15, -0.1) is 0 Å². The molecule has 0 rings (SSSR count). The lowest BCUT2D eigenvalue weighted by Crippen LogP contribution is -2.56. The zero-order valence-corrected chi connectivity index (χ0v) is 18.7. The van der Waals surface area contributed by atoms with E-state index in [4.69, 9.17) is 8.85 Å². The molecule has 0 aliphatic heterocycles. The van der Waals surface area contributed by atoms with E-state index in [1.54, 1.807) is 0 Å². The average Bonchev–Trinajstić information content (AvgIpc) is 2.30. The second-order valence-electron chi connectivity index (χ2n) is 8.03. The van der Waals surface area contributed by atoms with Crippen molar-refractivity contribution in [3.05, 3.63) is 0 Å². The third-order valence-corrected chi connectivity index (χ3v) is 11.9. The smallest absolute Gasteiger partial charge is 0.206 e. The maximum absolute atomic E-state index is 6.68. The maximum atomic E-state index is 6.68. The summed E-state index contributed by atoms with van der Waals surface area (Å²) in [6.07, 6.45) is 2.19. The zero-order valence-electron chi connectivity index (χ0n) is 15.6. The highest BCUT2D eigenvalue weighted by Gasteiger charge is 2.43. The molecule has 20 heavy (non-hydrogen) atoms. The van der Waals surface area contributed by atoms with Gasteiger partial charge in [-0.2, -0.15) is 0 Å². The van der Waals surface area contributed by atoms with Crippen molar-refractivity contribution >= 4 is 25.4 Å². The van der Waals surface area contributed by atoms with Crippen LogP contribution in [0.1, 0.15) is 40.5 Å². The van der Waals surface area contributed by atoms with Crippen molar-refractivity contribution in [1.82, 2.24) is 0 Å². The highest BCUT2D eigenvalue weighted by atomic mass is 28.4. The van der Waals surface area contributed by atoms with E-state index in [9.17, 15) is 0 Å². The van der Waals surface area contributed by atoms with Crippen LogP contribution in [0.3, 0.4) is 0 Å². The molecule has 0 bridgehead atoms. The molecule has 0 spiro atoms. The van der Waals surface area contributed by atoms with E-state index in [2.05, 4.69) is 67.0 Å². The van der Waals surface area contributed by atoms with Crippen LogP contribution in [0.25, 0.3) is 0 Å². The Labute approximate surface area is 131 Å². The van der Waals surface area contributed by atoms with Gasteiger partial charge in [0, 0.05) is 5.73 Å². The molecular formula is C15H38O2Si3. The Morgan fingerprint density at radius 2 is 1.40 bits per heavy atom. The fourth-order valence-electron chi connectivity index (χ4n) is 2.57. The summed E-state index contributed by atoms with van der Waals surface area (Å²) in [6.45, 7) is 23.2. The van der Waals surface area contributed by atoms with Gasteiger partial charge in [0.1, 0.15) is 0 Å². The first-order chi connectivity index (χ1) is 8.91. The van der Waals surface area contributed by atoms with Crippen LogP contribution in [0.2, 0.25) is 45.3 Å². The number of hydrogen-bond acceptors (Lipinski definition) is 2. The van der Waals surface area contributed by atoms with Crippen LogP contribution in [0.15, 0.2) is 0 Å². The topological polar surface area (TPSA) is 18.5 Å². The van der Waals surface area contributed by atoms with E-state index in [-0.39, 0.29) is 5.22 Å². The van der Waals surface area contributed by atoms with E-state index < -0.39 is 25.4 Å². The van der Waals surface area contributed by atoms with E-state index >= 15 is 0 Å². The van der Waals surface area contributed by atoms with Crippen molar-refractivity contribution in [3.63, 3.8) is 0 Å². The first kappa shape index (κ1) is 20.6. The van der Waals surface area contributed by atoms with Crippen molar-refractivity contribution in [2.75, 3.05) is 0 Å². The molecule has 0 aromatic rings. The van der Waals surface area contributed by atoms with Crippen LogP contribution in [-0.2, 0) is 8.85 Å². The minimum atomic E-state index is -1.54. The third-order valence-electron chi connectivity index (χ3n) is 4.25. The summed E-state index contributed by atoms with van der Waals surface area (Å²) in [4.78, 5) is 0. The summed E-state index contributed by atoms with van der Waals surface area (Å²) in [7, 11) is -4.15. The first-order valence-corrected chi connectivity index (χ1v) is 17.1. The molecule has 0 radical (unpaired) electrons. The SMILES string of the molecule is CC[SiH](OC(C)[Si](C)(C)C)C(CC)(CC)O[Si](C)(C)C. The van der Waals surface area contributed by atoms with Crippen LogP contribution in [0, 0.1) is 0 Å². The molecule has 2 nitrogen and oxygen atoms in total. The van der Waals surface area contributed by atoms with E-state index in [0.29, 0.717) is 5.73 Å². The molecule has 0 heterocycles. The lowest BCUT2D eigenvalue weighted by atomic mass is 10.2. The Morgan fingerprint density at radius 3 is 1.65 bits per heavy atom. The van der Waals surface area contributed by atoms with E-state index in [1.165, 1.54) is 6.04 Å². The van der Waals surface area contributed by atoms with Crippen LogP contribution < -0.4 is 0 Å². The second-order valence-corrected chi connectivity index (χ2v) is 21.1. The molecule has 0 aliphatic rings. The average molecular weight is 335 g/mol. The molecule has 2 atom stereocenters. The molecule has 0 fully saturated rings. The molecular weight excluding hydrogens is 296 g/mol. The molecule has 0 saturated heterocycles. The van der Waals surface area contributed by atoms with Gasteiger partial charge in [-0.25, -0.2) is 0 Å². The van der Waals surface area contributed by atoms with E-state index in [0.717, 1.165) is 12.8 Å². The van der Waals surface area contributed by atoms with Gasteiger partial charge in [-0.05, 0) is 45.5 Å². The second kappa shape index (κ2) is 7.72. The highest BCUT2D eigenvalue weighted by molar-refractivity contribution is 6.78.